The minimum Gasteiger partial charge on any atom is -0.355 e. The molecule has 0 bridgehead atoms. The quantitative estimate of drug-likeness (QED) is 0.759. The van der Waals surface area contributed by atoms with Gasteiger partial charge in [-0.25, -0.2) is 0 Å². The number of benzene rings is 1. The number of nitrogens with zero attached hydrogens (tertiary/aromatic N) is 2. The second kappa shape index (κ2) is 6.97. The van der Waals surface area contributed by atoms with Crippen molar-refractivity contribution in [2.24, 2.45) is 0 Å². The van der Waals surface area contributed by atoms with E-state index in [0.29, 0.717) is 23.6 Å². The summed E-state index contributed by atoms with van der Waals surface area (Å²) in [6.07, 6.45) is 1.42. The van der Waals surface area contributed by atoms with Gasteiger partial charge in [-0.2, -0.15) is 5.26 Å². The van der Waals surface area contributed by atoms with Crippen LogP contribution in [0.3, 0.4) is 0 Å². The smallest absolute Gasteiger partial charge is 0.262 e. The number of likely N-dealkylation sites (N-methyl/N-ethyl adjacent to an activating group) is 1. The van der Waals surface area contributed by atoms with Gasteiger partial charge in [-0.3, -0.25) is 14.9 Å². The van der Waals surface area contributed by atoms with Crippen LogP contribution >= 0.6 is 11.6 Å². The first kappa shape index (κ1) is 17.0. The second-order valence-corrected chi connectivity index (χ2v) is 6.21. The number of pyridine rings is 1. The molecule has 7 nitrogen and oxygen atoms in total. The first-order valence-electron chi connectivity index (χ1n) is 7.67. The maximum atomic E-state index is 12.2. The van der Waals surface area contributed by atoms with E-state index in [1.807, 2.05) is 6.07 Å². The third kappa shape index (κ3) is 3.65. The van der Waals surface area contributed by atoms with Crippen LogP contribution in [-0.2, 0) is 11.2 Å². The van der Waals surface area contributed by atoms with Crippen molar-refractivity contribution >= 4 is 28.4 Å². The lowest BCUT2D eigenvalue weighted by atomic mass is 10.1. The highest BCUT2D eigenvalue weighted by Crippen LogP contribution is 2.17. The van der Waals surface area contributed by atoms with E-state index in [2.05, 4.69) is 15.6 Å². The normalized spacial score (nSPS) is 17.2. The number of aromatic nitrogens is 1. The number of halogens is 1. The molecule has 0 spiro atoms. The van der Waals surface area contributed by atoms with Gasteiger partial charge >= 0.3 is 0 Å². The molecule has 2 aromatic rings. The highest BCUT2D eigenvalue weighted by atomic mass is 35.5. The van der Waals surface area contributed by atoms with E-state index in [-0.39, 0.29) is 17.2 Å². The molecule has 0 radical (unpaired) electrons. The topological polar surface area (TPSA) is 101 Å². The lowest BCUT2D eigenvalue weighted by Gasteiger charge is -2.30. The number of allylic oxidation sites excluding steroid dienone is 1. The Bertz CT molecular complexity index is 960. The predicted molar refractivity (Wildman–Crippen MR) is 94.7 cm³/mol. The fourth-order valence-corrected chi connectivity index (χ4v) is 2.92. The van der Waals surface area contributed by atoms with Gasteiger partial charge in [0.2, 0.25) is 0 Å². The summed E-state index contributed by atoms with van der Waals surface area (Å²) in [7, 11) is 1.71. The van der Waals surface area contributed by atoms with E-state index in [0.717, 1.165) is 10.9 Å². The number of hydrogen-bond acceptors (Lipinski definition) is 5. The van der Waals surface area contributed by atoms with Gasteiger partial charge in [0, 0.05) is 35.9 Å². The van der Waals surface area contributed by atoms with Gasteiger partial charge < -0.3 is 15.2 Å². The molecular formula is C17H16ClN5O2. The first-order valence-corrected chi connectivity index (χ1v) is 8.05. The molecule has 1 aromatic carbocycles. The zero-order valence-electron chi connectivity index (χ0n) is 13.5. The summed E-state index contributed by atoms with van der Waals surface area (Å²) < 4.78 is 0. The Kier molecular flexibility index (Phi) is 4.74. The molecule has 0 unspecified atom stereocenters. The second-order valence-electron chi connectivity index (χ2n) is 5.77. The zero-order chi connectivity index (χ0) is 18.0. The van der Waals surface area contributed by atoms with Crippen molar-refractivity contribution in [3.8, 4) is 6.07 Å². The van der Waals surface area contributed by atoms with Gasteiger partial charge in [0.15, 0.2) is 6.17 Å². The molecule has 1 atom stereocenters. The Labute approximate surface area is 148 Å². The van der Waals surface area contributed by atoms with Gasteiger partial charge in [-0.1, -0.05) is 11.6 Å². The number of rotatable bonds is 4. The van der Waals surface area contributed by atoms with Gasteiger partial charge in [-0.05, 0) is 36.1 Å². The molecule has 0 fully saturated rings. The van der Waals surface area contributed by atoms with Gasteiger partial charge in [0.25, 0.3) is 11.5 Å². The molecule has 0 aliphatic carbocycles. The van der Waals surface area contributed by atoms with Crippen LogP contribution in [-0.4, -0.2) is 35.5 Å². The van der Waals surface area contributed by atoms with Crippen LogP contribution in [0.4, 0.5) is 0 Å². The van der Waals surface area contributed by atoms with Crippen LogP contribution in [0.25, 0.3) is 10.9 Å². The molecule has 3 N–H and O–H groups in total. The van der Waals surface area contributed by atoms with Crippen molar-refractivity contribution in [3.05, 3.63) is 57.1 Å². The van der Waals surface area contributed by atoms with Crippen LogP contribution < -0.4 is 16.2 Å². The average molecular weight is 358 g/mol. The molecule has 1 aliphatic heterocycles. The van der Waals surface area contributed by atoms with E-state index < -0.39 is 6.17 Å². The van der Waals surface area contributed by atoms with E-state index in [4.69, 9.17) is 16.9 Å². The third-order valence-corrected chi connectivity index (χ3v) is 4.22. The average Bonchev–Trinajstić information content (AvgIpc) is 2.57. The Morgan fingerprint density at radius 3 is 2.88 bits per heavy atom. The van der Waals surface area contributed by atoms with Crippen molar-refractivity contribution in [3.63, 3.8) is 0 Å². The Balaban J connectivity index is 1.70. The van der Waals surface area contributed by atoms with E-state index >= 15 is 0 Å². The van der Waals surface area contributed by atoms with E-state index in [1.165, 1.54) is 0 Å². The summed E-state index contributed by atoms with van der Waals surface area (Å²) in [6, 6.07) is 8.99. The van der Waals surface area contributed by atoms with Crippen molar-refractivity contribution in [1.82, 2.24) is 20.5 Å². The Morgan fingerprint density at radius 2 is 2.16 bits per heavy atom. The lowest BCUT2D eigenvalue weighted by molar-refractivity contribution is -0.126. The van der Waals surface area contributed by atoms with Crippen LogP contribution in [0.5, 0.6) is 0 Å². The molecule has 2 heterocycles. The summed E-state index contributed by atoms with van der Waals surface area (Å²) in [5.74, 6) is -0.305. The number of hydrogen-bond donors (Lipinski definition) is 3. The fourth-order valence-electron chi connectivity index (χ4n) is 2.74. The molecule has 8 heteroatoms. The molecule has 0 saturated carbocycles. The van der Waals surface area contributed by atoms with Gasteiger partial charge in [-0.15, -0.1) is 0 Å². The summed E-state index contributed by atoms with van der Waals surface area (Å²) in [6.45, 7) is 0.424. The van der Waals surface area contributed by atoms with Crippen LogP contribution in [0.2, 0.25) is 5.02 Å². The Morgan fingerprint density at radius 1 is 1.36 bits per heavy atom. The predicted octanol–water partition coefficient (Wildman–Crippen LogP) is 1.07. The molecule has 1 amide bonds. The van der Waals surface area contributed by atoms with E-state index in [9.17, 15) is 9.59 Å². The largest absolute Gasteiger partial charge is 0.355 e. The highest BCUT2D eigenvalue weighted by molar-refractivity contribution is 6.31. The maximum absolute atomic E-state index is 12.2. The number of carbonyl (C=O) groups is 1. The SMILES string of the molecule is CN1C=C(C#N)NC(=O)[C@H]1NCCc1cc2cc(Cl)ccc2[nH]c1=O. The third-order valence-electron chi connectivity index (χ3n) is 3.98. The number of aromatic amines is 1. The molecule has 0 saturated heterocycles. The lowest BCUT2D eigenvalue weighted by Crippen LogP contribution is -2.55. The standard InChI is InChI=1S/C17H16ClN5O2/c1-23-9-13(8-19)21-17(25)15(23)20-5-4-10-6-11-7-12(18)2-3-14(11)22-16(10)24/h2-3,6-7,9,15,20H,4-5H2,1H3,(H,21,25)(H,22,24)/t15-/m0/s1. The molecule has 1 aliphatic rings. The summed E-state index contributed by atoms with van der Waals surface area (Å²) in [5, 5.41) is 15.9. The first-order chi connectivity index (χ1) is 12.0. The molecule has 25 heavy (non-hydrogen) atoms. The van der Waals surface area contributed by atoms with Crippen molar-refractivity contribution in [2.75, 3.05) is 13.6 Å². The van der Waals surface area contributed by atoms with Crippen molar-refractivity contribution in [1.29, 1.82) is 5.26 Å². The highest BCUT2D eigenvalue weighted by Gasteiger charge is 2.26. The molecule has 1 aromatic heterocycles. The van der Waals surface area contributed by atoms with Crippen LogP contribution in [0.1, 0.15) is 5.56 Å². The summed E-state index contributed by atoms with van der Waals surface area (Å²) >= 11 is 5.99. The number of fused-ring (bicyclic) bond motifs is 1. The fraction of sp³-hybridized carbons (Fsp3) is 0.235. The molecule has 3 rings (SSSR count). The minimum absolute atomic E-state index is 0.162. The van der Waals surface area contributed by atoms with Gasteiger partial charge in [0.05, 0.1) is 0 Å². The monoisotopic (exact) mass is 357 g/mol. The maximum Gasteiger partial charge on any atom is 0.262 e. The zero-order valence-corrected chi connectivity index (χ0v) is 14.2. The minimum atomic E-state index is -0.592. The van der Waals surface area contributed by atoms with Crippen LogP contribution in [0, 0.1) is 11.3 Å². The number of nitriles is 1. The number of amides is 1. The number of carbonyl (C=O) groups excluding carboxylic acids is 1. The Hall–Kier alpha value is -2.82. The molecular weight excluding hydrogens is 342 g/mol. The number of nitrogens with one attached hydrogen (secondary N) is 3. The van der Waals surface area contributed by atoms with Crippen LogP contribution in [0.15, 0.2) is 41.0 Å². The van der Waals surface area contributed by atoms with E-state index in [1.54, 1.807) is 42.4 Å². The van der Waals surface area contributed by atoms with Crippen molar-refractivity contribution < 1.29 is 4.79 Å². The molecule has 128 valence electrons. The number of H-pyrrole nitrogens is 1. The van der Waals surface area contributed by atoms with Gasteiger partial charge in [0.1, 0.15) is 11.8 Å². The van der Waals surface area contributed by atoms with Crippen molar-refractivity contribution in [2.45, 2.75) is 12.6 Å². The summed E-state index contributed by atoms with van der Waals surface area (Å²) in [4.78, 5) is 28.6. The summed E-state index contributed by atoms with van der Waals surface area (Å²) in [5.41, 5.74) is 1.37.